The largest absolute Gasteiger partial charge is 0.394 e. The summed E-state index contributed by atoms with van der Waals surface area (Å²) in [6.07, 6.45) is -4.43. The van der Waals surface area contributed by atoms with Crippen LogP contribution in [0.1, 0.15) is 0 Å². The van der Waals surface area contributed by atoms with E-state index in [1.54, 1.807) is 0 Å². The quantitative estimate of drug-likeness (QED) is 0.247. The van der Waals surface area contributed by atoms with Crippen LogP contribution in [-0.2, 0) is 4.79 Å². The fraction of sp³-hybridized carbons (Fsp3) is 0.833. The van der Waals surface area contributed by atoms with Crippen LogP contribution in [0.2, 0.25) is 0 Å². The van der Waals surface area contributed by atoms with E-state index in [1.807, 2.05) is 0 Å². The molecule has 0 aromatic carbocycles. The minimum Gasteiger partial charge on any atom is -0.394 e. The highest BCUT2D eigenvalue weighted by Crippen LogP contribution is 2.01. The average Bonchev–Trinajstić information content (AvgIpc) is 2.12. The highest BCUT2D eigenvalue weighted by atomic mass is 35.5. The van der Waals surface area contributed by atoms with E-state index in [9.17, 15) is 4.79 Å². The molecular formula is C6H14ClNO5. The van der Waals surface area contributed by atoms with E-state index in [0.29, 0.717) is 0 Å². The molecule has 0 aromatic rings. The van der Waals surface area contributed by atoms with Crippen LogP contribution in [0.4, 0.5) is 0 Å². The standard InChI is InChI=1S/C6H13NO5.ClH/c7-3(1-8)5(11)6(12)4(10)2-9;/h1,3-6,9-12H,2,7H2;1H/t3-,4-,5-,6-;/m1./s1/i1+1;. The lowest BCUT2D eigenvalue weighted by Crippen LogP contribution is -2.49. The molecule has 6 nitrogen and oxygen atoms in total. The summed E-state index contributed by atoms with van der Waals surface area (Å²) in [4.78, 5) is 10.0. The zero-order chi connectivity index (χ0) is 9.72. The normalized spacial score (nSPS) is 19.5. The van der Waals surface area contributed by atoms with Crippen LogP contribution in [0.25, 0.3) is 0 Å². The van der Waals surface area contributed by atoms with Crippen molar-refractivity contribution in [1.29, 1.82) is 0 Å². The van der Waals surface area contributed by atoms with Crippen molar-refractivity contribution in [3.05, 3.63) is 0 Å². The average molecular weight is 217 g/mol. The lowest BCUT2D eigenvalue weighted by molar-refractivity contribution is -0.118. The fourth-order valence-corrected chi connectivity index (χ4v) is 0.644. The Labute approximate surface area is 81.4 Å². The summed E-state index contributed by atoms with van der Waals surface area (Å²) < 4.78 is 0. The molecule has 0 saturated heterocycles. The van der Waals surface area contributed by atoms with Crippen LogP contribution in [0.3, 0.4) is 0 Å². The van der Waals surface area contributed by atoms with Gasteiger partial charge in [0.25, 0.3) is 0 Å². The summed E-state index contributed by atoms with van der Waals surface area (Å²) >= 11 is 0. The zero-order valence-electron chi connectivity index (χ0n) is 6.78. The van der Waals surface area contributed by atoms with Crippen LogP contribution in [0.5, 0.6) is 0 Å². The molecule has 0 aliphatic carbocycles. The molecule has 0 amide bonds. The molecule has 0 fully saturated rings. The van der Waals surface area contributed by atoms with Gasteiger partial charge >= 0.3 is 0 Å². The first-order valence-corrected chi connectivity index (χ1v) is 3.40. The molecule has 0 heterocycles. The molecule has 0 aliphatic heterocycles. The predicted octanol–water partition coefficient (Wildman–Crippen LogP) is -2.99. The maximum atomic E-state index is 10.0. The number of carbonyl (C=O) groups excluding carboxylic acids is 1. The summed E-state index contributed by atoms with van der Waals surface area (Å²) in [7, 11) is 0. The highest BCUT2D eigenvalue weighted by molar-refractivity contribution is 5.85. The molecule has 6 N–H and O–H groups in total. The number of nitrogens with two attached hydrogens (primary N) is 1. The predicted molar refractivity (Wildman–Crippen MR) is 46.4 cm³/mol. The van der Waals surface area contributed by atoms with Gasteiger partial charge in [0.1, 0.15) is 24.6 Å². The molecular weight excluding hydrogens is 203 g/mol. The van der Waals surface area contributed by atoms with Crippen LogP contribution in [0, 0.1) is 0 Å². The van der Waals surface area contributed by atoms with E-state index < -0.39 is 31.0 Å². The van der Waals surface area contributed by atoms with Gasteiger partial charge in [0, 0.05) is 0 Å². The second-order valence-corrected chi connectivity index (χ2v) is 2.44. The van der Waals surface area contributed by atoms with Gasteiger partial charge in [-0.25, -0.2) is 0 Å². The van der Waals surface area contributed by atoms with Crippen molar-refractivity contribution in [1.82, 2.24) is 0 Å². The van der Waals surface area contributed by atoms with E-state index in [4.69, 9.17) is 26.2 Å². The van der Waals surface area contributed by atoms with E-state index in [2.05, 4.69) is 0 Å². The van der Waals surface area contributed by atoms with Crippen molar-refractivity contribution >= 4 is 18.7 Å². The Bertz CT molecular complexity index is 147. The van der Waals surface area contributed by atoms with Gasteiger partial charge in [-0.15, -0.1) is 12.4 Å². The van der Waals surface area contributed by atoms with Crippen molar-refractivity contribution in [2.75, 3.05) is 6.61 Å². The Kier molecular flexibility index (Phi) is 8.43. The van der Waals surface area contributed by atoms with Gasteiger partial charge in [0.2, 0.25) is 0 Å². The summed E-state index contributed by atoms with van der Waals surface area (Å²) in [5.41, 5.74) is 5.04. The van der Waals surface area contributed by atoms with Crippen LogP contribution in [0.15, 0.2) is 0 Å². The number of aliphatic hydroxyl groups is 4. The molecule has 80 valence electrons. The number of aldehydes is 1. The van der Waals surface area contributed by atoms with Crippen LogP contribution >= 0.6 is 12.4 Å². The molecule has 0 radical (unpaired) electrons. The van der Waals surface area contributed by atoms with E-state index >= 15 is 0 Å². The monoisotopic (exact) mass is 216 g/mol. The maximum absolute atomic E-state index is 10.0. The minimum atomic E-state index is -1.62. The minimum absolute atomic E-state index is 0. The number of aliphatic hydroxyl groups excluding tert-OH is 4. The first-order valence-electron chi connectivity index (χ1n) is 3.40. The Morgan fingerprint density at radius 3 is 2.00 bits per heavy atom. The molecule has 0 unspecified atom stereocenters. The third kappa shape index (κ3) is 4.51. The third-order valence-corrected chi connectivity index (χ3v) is 1.48. The van der Waals surface area contributed by atoms with Crippen molar-refractivity contribution in [3.63, 3.8) is 0 Å². The Balaban J connectivity index is 0. The summed E-state index contributed by atoms with van der Waals surface area (Å²) in [6.45, 7) is -0.705. The lowest BCUT2D eigenvalue weighted by Gasteiger charge is -2.23. The molecule has 13 heavy (non-hydrogen) atoms. The summed E-state index contributed by atoms with van der Waals surface area (Å²) in [5.74, 6) is 0. The van der Waals surface area contributed by atoms with Gasteiger partial charge in [-0.3, -0.25) is 0 Å². The molecule has 0 spiro atoms. The van der Waals surface area contributed by atoms with E-state index in [-0.39, 0.29) is 18.7 Å². The van der Waals surface area contributed by atoms with Gasteiger partial charge < -0.3 is 31.0 Å². The smallest absolute Gasteiger partial charge is 0.139 e. The summed E-state index contributed by atoms with van der Waals surface area (Å²) in [6, 6.07) is -1.26. The SMILES string of the molecule is Cl.N[C@H]([13CH]=O)[C@@H](O)[C@H](O)[C@H](O)CO. The molecule has 0 bridgehead atoms. The van der Waals surface area contributed by atoms with Crippen LogP contribution < -0.4 is 5.73 Å². The van der Waals surface area contributed by atoms with Crippen molar-refractivity contribution in [2.24, 2.45) is 5.73 Å². The van der Waals surface area contributed by atoms with Crippen molar-refractivity contribution in [3.8, 4) is 0 Å². The van der Waals surface area contributed by atoms with Crippen LogP contribution in [-0.4, -0.2) is 57.7 Å². The summed E-state index contributed by atoms with van der Waals surface area (Å²) in [5, 5.41) is 35.2. The highest BCUT2D eigenvalue weighted by Gasteiger charge is 2.28. The number of halogens is 1. The second kappa shape index (κ2) is 7.19. The van der Waals surface area contributed by atoms with Gasteiger partial charge in [-0.2, -0.15) is 0 Å². The Morgan fingerprint density at radius 2 is 1.69 bits per heavy atom. The molecule has 0 aromatic heterocycles. The lowest BCUT2D eigenvalue weighted by atomic mass is 10.1. The Hall–Kier alpha value is -0.240. The second-order valence-electron chi connectivity index (χ2n) is 2.44. The molecule has 7 heteroatoms. The number of hydrogen-bond donors (Lipinski definition) is 5. The molecule has 0 rings (SSSR count). The molecule has 0 aliphatic rings. The van der Waals surface area contributed by atoms with E-state index in [0.717, 1.165) is 0 Å². The van der Waals surface area contributed by atoms with Crippen molar-refractivity contribution < 1.29 is 25.2 Å². The fourth-order valence-electron chi connectivity index (χ4n) is 0.644. The number of rotatable bonds is 5. The topological polar surface area (TPSA) is 124 Å². The van der Waals surface area contributed by atoms with E-state index in [1.165, 1.54) is 0 Å². The number of hydrogen-bond acceptors (Lipinski definition) is 6. The maximum Gasteiger partial charge on any atom is 0.139 e. The number of carbonyl (C=O) groups is 1. The van der Waals surface area contributed by atoms with Gasteiger partial charge in [0.15, 0.2) is 0 Å². The zero-order valence-corrected chi connectivity index (χ0v) is 7.59. The third-order valence-electron chi connectivity index (χ3n) is 1.48. The first kappa shape index (κ1) is 15.2. The van der Waals surface area contributed by atoms with Crippen molar-refractivity contribution in [2.45, 2.75) is 24.4 Å². The molecule has 4 atom stereocenters. The Morgan fingerprint density at radius 1 is 1.23 bits per heavy atom. The van der Waals surface area contributed by atoms with Gasteiger partial charge in [-0.05, 0) is 0 Å². The molecule has 0 saturated carbocycles. The van der Waals surface area contributed by atoms with Gasteiger partial charge in [-0.1, -0.05) is 0 Å². The first-order chi connectivity index (χ1) is 5.54. The van der Waals surface area contributed by atoms with Gasteiger partial charge in [0.05, 0.1) is 12.6 Å².